The number of ketones is 3. The van der Waals surface area contributed by atoms with E-state index >= 15 is 0 Å². The van der Waals surface area contributed by atoms with Gasteiger partial charge in [0.15, 0.2) is 5.78 Å². The molecule has 4 aromatic rings. The molecule has 0 radical (unpaired) electrons. The first kappa shape index (κ1) is 21.6. The van der Waals surface area contributed by atoms with Crippen LogP contribution in [0.25, 0.3) is 11.1 Å². The molecule has 0 aliphatic carbocycles. The van der Waals surface area contributed by atoms with Gasteiger partial charge in [-0.2, -0.15) is 0 Å². The predicted octanol–water partition coefficient (Wildman–Crippen LogP) is 6.31. The molecule has 0 spiro atoms. The lowest BCUT2D eigenvalue weighted by Gasteiger charge is -2.06. The van der Waals surface area contributed by atoms with E-state index in [1.807, 2.05) is 66.7 Å². The van der Waals surface area contributed by atoms with Crippen LogP contribution in [0.5, 0.6) is 0 Å². The summed E-state index contributed by atoms with van der Waals surface area (Å²) in [4.78, 5) is 35.0. The molecular formula is C28H22O3. The van der Waals surface area contributed by atoms with Gasteiger partial charge < -0.3 is 0 Å². The third-order valence-electron chi connectivity index (χ3n) is 4.67. The number of benzene rings is 4. The quantitative estimate of drug-likeness (QED) is 0.288. The molecule has 3 nitrogen and oxygen atoms in total. The summed E-state index contributed by atoms with van der Waals surface area (Å²) in [5, 5.41) is 0. The molecule has 0 aliphatic heterocycles. The van der Waals surface area contributed by atoms with E-state index in [0.717, 1.165) is 16.7 Å². The summed E-state index contributed by atoms with van der Waals surface area (Å²) in [6.45, 7) is 1.60. The molecule has 0 bridgehead atoms. The van der Waals surface area contributed by atoms with E-state index in [0.29, 0.717) is 11.1 Å². The lowest BCUT2D eigenvalue weighted by atomic mass is 9.98. The van der Waals surface area contributed by atoms with Crippen molar-refractivity contribution in [3.8, 4) is 11.1 Å². The Morgan fingerprint density at radius 3 is 1.32 bits per heavy atom. The van der Waals surface area contributed by atoms with Crippen LogP contribution in [0.15, 0.2) is 115 Å². The minimum absolute atomic E-state index is 0.106. The maximum atomic E-state index is 11.8. The Morgan fingerprint density at radius 2 is 0.871 bits per heavy atom. The Morgan fingerprint density at radius 1 is 0.484 bits per heavy atom. The van der Waals surface area contributed by atoms with Crippen LogP contribution in [0.2, 0.25) is 0 Å². The third kappa shape index (κ3) is 5.71. The van der Waals surface area contributed by atoms with Crippen LogP contribution in [0.3, 0.4) is 0 Å². The molecule has 0 aliphatic rings. The molecule has 0 saturated carbocycles. The standard InChI is InChI=1S/C14H10O2.C14H12O/c15-13(11-7-3-1-4-8-11)14(16)12-9-5-2-6-10-12;1-11(15)13-9-5-6-10-14(13)12-7-3-2-4-8-12/h1-10H;2-10H,1H3. The Labute approximate surface area is 182 Å². The largest absolute Gasteiger partial charge is 0.294 e. The van der Waals surface area contributed by atoms with Gasteiger partial charge in [0, 0.05) is 16.7 Å². The maximum Gasteiger partial charge on any atom is 0.233 e. The van der Waals surface area contributed by atoms with Gasteiger partial charge in [-0.05, 0) is 18.1 Å². The first-order valence-corrected chi connectivity index (χ1v) is 9.92. The Balaban J connectivity index is 0.000000176. The zero-order chi connectivity index (χ0) is 22.1. The van der Waals surface area contributed by atoms with E-state index in [1.165, 1.54) is 0 Å². The van der Waals surface area contributed by atoms with Crippen LogP contribution < -0.4 is 0 Å². The SMILES string of the molecule is CC(=O)c1ccccc1-c1ccccc1.O=C(C(=O)c1ccccc1)c1ccccc1. The third-order valence-corrected chi connectivity index (χ3v) is 4.67. The smallest absolute Gasteiger partial charge is 0.233 e. The molecule has 0 saturated heterocycles. The molecule has 0 amide bonds. The van der Waals surface area contributed by atoms with Crippen LogP contribution in [-0.4, -0.2) is 17.3 Å². The molecule has 0 unspecified atom stereocenters. The van der Waals surface area contributed by atoms with E-state index in [1.54, 1.807) is 55.5 Å². The molecule has 0 aromatic heterocycles. The van der Waals surface area contributed by atoms with Crippen molar-refractivity contribution in [1.82, 2.24) is 0 Å². The van der Waals surface area contributed by atoms with E-state index in [-0.39, 0.29) is 5.78 Å². The van der Waals surface area contributed by atoms with Crippen LogP contribution in [0, 0.1) is 0 Å². The molecule has 0 heterocycles. The maximum absolute atomic E-state index is 11.8. The van der Waals surface area contributed by atoms with Gasteiger partial charge in [-0.3, -0.25) is 14.4 Å². The predicted molar refractivity (Wildman–Crippen MR) is 123 cm³/mol. The van der Waals surface area contributed by atoms with E-state index < -0.39 is 11.6 Å². The van der Waals surface area contributed by atoms with Crippen LogP contribution in [0.4, 0.5) is 0 Å². The van der Waals surface area contributed by atoms with Crippen LogP contribution in [0.1, 0.15) is 38.0 Å². The number of rotatable bonds is 5. The average molecular weight is 406 g/mol. The molecule has 4 aromatic carbocycles. The van der Waals surface area contributed by atoms with Crippen molar-refractivity contribution in [1.29, 1.82) is 0 Å². The second kappa shape index (κ2) is 10.6. The molecular weight excluding hydrogens is 384 g/mol. The van der Waals surface area contributed by atoms with E-state index in [4.69, 9.17) is 0 Å². The van der Waals surface area contributed by atoms with Gasteiger partial charge >= 0.3 is 0 Å². The minimum Gasteiger partial charge on any atom is -0.294 e. The van der Waals surface area contributed by atoms with Crippen molar-refractivity contribution >= 4 is 17.3 Å². The van der Waals surface area contributed by atoms with Crippen molar-refractivity contribution in [2.24, 2.45) is 0 Å². The normalized spacial score (nSPS) is 9.84. The van der Waals surface area contributed by atoms with E-state index in [2.05, 4.69) is 0 Å². The van der Waals surface area contributed by atoms with Gasteiger partial charge in [-0.25, -0.2) is 0 Å². The van der Waals surface area contributed by atoms with Crippen LogP contribution >= 0.6 is 0 Å². The van der Waals surface area contributed by atoms with Crippen molar-refractivity contribution in [3.05, 3.63) is 132 Å². The Bertz CT molecular complexity index is 1120. The Kier molecular flexibility index (Phi) is 7.39. The number of carbonyl (C=O) groups excluding carboxylic acids is 3. The summed E-state index contributed by atoms with van der Waals surface area (Å²) < 4.78 is 0. The molecule has 4 rings (SSSR count). The summed E-state index contributed by atoms with van der Waals surface area (Å²) in [7, 11) is 0. The molecule has 152 valence electrons. The number of hydrogen-bond acceptors (Lipinski definition) is 3. The molecule has 0 fully saturated rings. The molecule has 0 atom stereocenters. The van der Waals surface area contributed by atoms with Gasteiger partial charge in [0.25, 0.3) is 0 Å². The Hall–Kier alpha value is -4.11. The first-order valence-electron chi connectivity index (χ1n) is 9.92. The summed E-state index contributed by atoms with van der Waals surface area (Å²) in [6.07, 6.45) is 0. The highest BCUT2D eigenvalue weighted by atomic mass is 16.2. The van der Waals surface area contributed by atoms with Gasteiger partial charge in [0.2, 0.25) is 11.6 Å². The van der Waals surface area contributed by atoms with Gasteiger partial charge in [0.1, 0.15) is 0 Å². The number of hydrogen-bond donors (Lipinski definition) is 0. The highest BCUT2D eigenvalue weighted by Crippen LogP contribution is 2.23. The molecule has 31 heavy (non-hydrogen) atoms. The molecule has 0 N–H and O–H groups in total. The van der Waals surface area contributed by atoms with Crippen molar-refractivity contribution in [2.75, 3.05) is 0 Å². The summed E-state index contributed by atoms with van der Waals surface area (Å²) >= 11 is 0. The topological polar surface area (TPSA) is 51.2 Å². The second-order valence-electron chi connectivity index (χ2n) is 6.86. The summed E-state index contributed by atoms with van der Waals surface area (Å²) in [6, 6.07) is 34.8. The van der Waals surface area contributed by atoms with Gasteiger partial charge in [-0.1, -0.05) is 115 Å². The average Bonchev–Trinajstić information content (AvgIpc) is 2.85. The molecule has 3 heteroatoms. The number of carbonyl (C=O) groups is 3. The van der Waals surface area contributed by atoms with Crippen molar-refractivity contribution in [3.63, 3.8) is 0 Å². The fourth-order valence-electron chi connectivity index (χ4n) is 3.10. The number of Topliss-reactive ketones (excluding diaryl/α,β-unsaturated/α-hetero) is 3. The van der Waals surface area contributed by atoms with Gasteiger partial charge in [-0.15, -0.1) is 0 Å². The minimum atomic E-state index is -0.466. The van der Waals surface area contributed by atoms with Crippen molar-refractivity contribution in [2.45, 2.75) is 6.92 Å². The van der Waals surface area contributed by atoms with Crippen molar-refractivity contribution < 1.29 is 14.4 Å². The highest BCUT2D eigenvalue weighted by Gasteiger charge is 2.17. The summed E-state index contributed by atoms with van der Waals surface area (Å²) in [5.74, 6) is -0.826. The highest BCUT2D eigenvalue weighted by molar-refractivity contribution is 6.49. The first-order chi connectivity index (χ1) is 15.1. The second-order valence-corrected chi connectivity index (χ2v) is 6.86. The summed E-state index contributed by atoms with van der Waals surface area (Å²) in [5.41, 5.74) is 3.73. The van der Waals surface area contributed by atoms with Crippen LogP contribution in [-0.2, 0) is 0 Å². The zero-order valence-electron chi connectivity index (χ0n) is 17.2. The lowest BCUT2D eigenvalue weighted by Crippen LogP contribution is -2.14. The monoisotopic (exact) mass is 406 g/mol. The van der Waals surface area contributed by atoms with E-state index in [9.17, 15) is 14.4 Å². The fourth-order valence-corrected chi connectivity index (χ4v) is 3.10. The fraction of sp³-hybridized carbons (Fsp3) is 0.0357. The zero-order valence-corrected chi connectivity index (χ0v) is 17.2. The lowest BCUT2D eigenvalue weighted by molar-refractivity contribution is 0.0817. The van der Waals surface area contributed by atoms with Gasteiger partial charge in [0.05, 0.1) is 0 Å².